The van der Waals surface area contributed by atoms with E-state index >= 15 is 0 Å². The quantitative estimate of drug-likeness (QED) is 0.930. The third kappa shape index (κ3) is 2.52. The van der Waals surface area contributed by atoms with Gasteiger partial charge >= 0.3 is 0 Å². The predicted octanol–water partition coefficient (Wildman–Crippen LogP) is 3.03. The van der Waals surface area contributed by atoms with Gasteiger partial charge in [-0.3, -0.25) is 0 Å². The molecule has 4 nitrogen and oxygen atoms in total. The molecule has 0 saturated heterocycles. The Bertz CT molecular complexity index is 556. The highest BCUT2D eigenvalue weighted by Gasteiger charge is 2.18. The molecule has 6 heteroatoms. The minimum atomic E-state index is -0.631. The molecule has 2 aromatic rings. The van der Waals surface area contributed by atoms with Crippen molar-refractivity contribution < 1.29 is 8.91 Å². The van der Waals surface area contributed by atoms with E-state index in [-0.39, 0.29) is 10.9 Å². The molecule has 0 saturated carbocycles. The Hall–Kier alpha value is -1.46. The molecule has 0 aliphatic heterocycles. The molecular weight excluding hydrogens is 257 g/mol. The van der Waals surface area contributed by atoms with Crippen LogP contribution in [0.15, 0.2) is 22.7 Å². The van der Waals surface area contributed by atoms with Crippen molar-refractivity contribution in [3.05, 3.63) is 46.3 Å². The highest BCUT2D eigenvalue weighted by atomic mass is 35.5. The van der Waals surface area contributed by atoms with Crippen LogP contribution >= 0.6 is 11.6 Å². The van der Waals surface area contributed by atoms with Crippen molar-refractivity contribution in [3.8, 4) is 0 Å². The minimum Gasteiger partial charge on any atom is -0.339 e. The van der Waals surface area contributed by atoms with Crippen LogP contribution in [0.25, 0.3) is 0 Å². The highest BCUT2D eigenvalue weighted by molar-refractivity contribution is 6.30. The fraction of sp³-hybridized carbons (Fsp3) is 0.333. The highest BCUT2D eigenvalue weighted by Crippen LogP contribution is 2.23. The lowest BCUT2D eigenvalue weighted by Crippen LogP contribution is -2.14. The molecule has 0 bridgehead atoms. The van der Waals surface area contributed by atoms with Gasteiger partial charge in [0.15, 0.2) is 5.82 Å². The van der Waals surface area contributed by atoms with Gasteiger partial charge in [-0.2, -0.15) is 4.98 Å². The SMILES string of the molecule is CC(C)c1nc(C(N)c2ccc(Cl)c(F)c2)no1. The summed E-state index contributed by atoms with van der Waals surface area (Å²) in [5.74, 6) is 0.452. The predicted molar refractivity (Wildman–Crippen MR) is 65.8 cm³/mol. The van der Waals surface area contributed by atoms with Crippen LogP contribution in [0.4, 0.5) is 4.39 Å². The molecule has 0 amide bonds. The van der Waals surface area contributed by atoms with Crippen LogP contribution in [0, 0.1) is 5.82 Å². The summed E-state index contributed by atoms with van der Waals surface area (Å²) < 4.78 is 18.4. The molecule has 2 N–H and O–H groups in total. The van der Waals surface area contributed by atoms with Crippen LogP contribution in [0.3, 0.4) is 0 Å². The van der Waals surface area contributed by atoms with E-state index in [1.165, 1.54) is 12.1 Å². The van der Waals surface area contributed by atoms with E-state index in [0.717, 1.165) is 0 Å². The third-order valence-electron chi connectivity index (χ3n) is 2.53. The molecule has 0 radical (unpaired) electrons. The summed E-state index contributed by atoms with van der Waals surface area (Å²) >= 11 is 5.61. The molecule has 2 rings (SSSR count). The van der Waals surface area contributed by atoms with Crippen molar-refractivity contribution >= 4 is 11.6 Å². The van der Waals surface area contributed by atoms with Crippen molar-refractivity contribution in [3.63, 3.8) is 0 Å². The van der Waals surface area contributed by atoms with Gasteiger partial charge in [0.05, 0.1) is 11.1 Å². The lowest BCUT2D eigenvalue weighted by atomic mass is 10.1. The van der Waals surface area contributed by atoms with Crippen LogP contribution in [-0.2, 0) is 0 Å². The van der Waals surface area contributed by atoms with Crippen molar-refractivity contribution in [2.24, 2.45) is 5.73 Å². The van der Waals surface area contributed by atoms with Crippen molar-refractivity contribution in [1.29, 1.82) is 0 Å². The van der Waals surface area contributed by atoms with Crippen LogP contribution in [-0.4, -0.2) is 10.1 Å². The lowest BCUT2D eigenvalue weighted by molar-refractivity contribution is 0.359. The summed E-state index contributed by atoms with van der Waals surface area (Å²) in [6.07, 6.45) is 0. The number of nitrogens with zero attached hydrogens (tertiary/aromatic N) is 2. The fourth-order valence-corrected chi connectivity index (χ4v) is 1.58. The van der Waals surface area contributed by atoms with Crippen LogP contribution in [0.2, 0.25) is 5.02 Å². The second-order valence-corrected chi connectivity index (χ2v) is 4.70. The van der Waals surface area contributed by atoms with Gasteiger partial charge in [0, 0.05) is 5.92 Å². The Morgan fingerprint density at radius 3 is 2.67 bits per heavy atom. The van der Waals surface area contributed by atoms with E-state index in [9.17, 15) is 4.39 Å². The summed E-state index contributed by atoms with van der Waals surface area (Å²) in [7, 11) is 0. The number of aromatic nitrogens is 2. The second-order valence-electron chi connectivity index (χ2n) is 4.30. The van der Waals surface area contributed by atoms with Gasteiger partial charge in [-0.15, -0.1) is 0 Å². The van der Waals surface area contributed by atoms with Gasteiger partial charge in [0.2, 0.25) is 5.89 Å². The van der Waals surface area contributed by atoms with E-state index in [2.05, 4.69) is 10.1 Å². The zero-order valence-corrected chi connectivity index (χ0v) is 10.8. The number of hydrogen-bond donors (Lipinski definition) is 1. The Balaban J connectivity index is 2.29. The molecule has 18 heavy (non-hydrogen) atoms. The van der Waals surface area contributed by atoms with Gasteiger partial charge < -0.3 is 10.3 Å². The molecule has 1 heterocycles. The molecule has 1 aromatic heterocycles. The van der Waals surface area contributed by atoms with E-state index in [1.54, 1.807) is 6.07 Å². The topological polar surface area (TPSA) is 64.9 Å². The average Bonchev–Trinajstić information content (AvgIpc) is 2.81. The average molecular weight is 270 g/mol. The molecule has 0 aliphatic rings. The van der Waals surface area contributed by atoms with Gasteiger partial charge in [0.1, 0.15) is 5.82 Å². The Kier molecular flexibility index (Phi) is 3.63. The maximum atomic E-state index is 13.3. The summed E-state index contributed by atoms with van der Waals surface area (Å²) in [6, 6.07) is 3.74. The van der Waals surface area contributed by atoms with Crippen LogP contribution in [0.5, 0.6) is 0 Å². The van der Waals surface area contributed by atoms with Crippen molar-refractivity contribution in [2.45, 2.75) is 25.8 Å². The standard InChI is InChI=1S/C12H13ClFN3O/c1-6(2)12-16-11(17-18-12)10(15)7-3-4-8(13)9(14)5-7/h3-6,10H,15H2,1-2H3. The zero-order valence-electron chi connectivity index (χ0n) is 10.0. The summed E-state index contributed by atoms with van der Waals surface area (Å²) in [5, 5.41) is 3.86. The maximum absolute atomic E-state index is 13.3. The Labute approximate surface area is 109 Å². The number of nitrogens with two attached hydrogens (primary N) is 1. The fourth-order valence-electron chi connectivity index (χ4n) is 1.46. The van der Waals surface area contributed by atoms with Crippen LogP contribution in [0.1, 0.15) is 43.1 Å². The van der Waals surface area contributed by atoms with Crippen LogP contribution < -0.4 is 5.73 Å². The third-order valence-corrected chi connectivity index (χ3v) is 2.84. The molecule has 1 atom stereocenters. The Morgan fingerprint density at radius 1 is 1.39 bits per heavy atom. The minimum absolute atomic E-state index is 0.0573. The van der Waals surface area contributed by atoms with Gasteiger partial charge in [-0.05, 0) is 17.7 Å². The summed E-state index contributed by atoms with van der Waals surface area (Å²) in [5.41, 5.74) is 6.50. The molecule has 1 unspecified atom stereocenters. The molecule has 0 spiro atoms. The number of benzene rings is 1. The van der Waals surface area contributed by atoms with Gasteiger partial charge in [-0.25, -0.2) is 4.39 Å². The second kappa shape index (κ2) is 5.04. The first-order valence-corrected chi connectivity index (χ1v) is 5.91. The molecular formula is C12H13ClFN3O. The Morgan fingerprint density at radius 2 is 2.11 bits per heavy atom. The number of hydrogen-bond acceptors (Lipinski definition) is 4. The number of rotatable bonds is 3. The van der Waals surface area contributed by atoms with Gasteiger partial charge in [-0.1, -0.05) is 36.7 Å². The smallest absolute Gasteiger partial charge is 0.229 e. The summed E-state index contributed by atoms with van der Waals surface area (Å²) in [6.45, 7) is 3.87. The molecule has 1 aromatic carbocycles. The van der Waals surface area contributed by atoms with Gasteiger partial charge in [0.25, 0.3) is 0 Å². The van der Waals surface area contributed by atoms with E-state index in [1.807, 2.05) is 13.8 Å². The molecule has 96 valence electrons. The normalized spacial score (nSPS) is 13.0. The first kappa shape index (κ1) is 13.0. The molecule has 0 fully saturated rings. The number of halogens is 2. The van der Waals surface area contributed by atoms with Crippen molar-refractivity contribution in [2.75, 3.05) is 0 Å². The first-order valence-electron chi connectivity index (χ1n) is 5.53. The molecule has 0 aliphatic carbocycles. The lowest BCUT2D eigenvalue weighted by Gasteiger charge is -2.07. The van der Waals surface area contributed by atoms with Crippen molar-refractivity contribution in [1.82, 2.24) is 10.1 Å². The monoisotopic (exact) mass is 269 g/mol. The largest absolute Gasteiger partial charge is 0.339 e. The summed E-state index contributed by atoms with van der Waals surface area (Å²) in [4.78, 5) is 4.18. The van der Waals surface area contributed by atoms with E-state index in [0.29, 0.717) is 17.3 Å². The zero-order chi connectivity index (χ0) is 13.3. The van der Waals surface area contributed by atoms with E-state index < -0.39 is 11.9 Å². The first-order chi connectivity index (χ1) is 8.49. The van der Waals surface area contributed by atoms with E-state index in [4.69, 9.17) is 21.9 Å². The maximum Gasteiger partial charge on any atom is 0.229 e.